The first-order chi connectivity index (χ1) is 15.8. The minimum Gasteiger partial charge on any atom is -0.493 e. The van der Waals surface area contributed by atoms with Crippen molar-refractivity contribution >= 4 is 20.6 Å². The van der Waals surface area contributed by atoms with Crippen LogP contribution in [0.2, 0.25) is 0 Å². The monoisotopic (exact) mass is 462 g/mol. The topological polar surface area (TPSA) is 107 Å². The Labute approximate surface area is 191 Å². The summed E-state index contributed by atoms with van der Waals surface area (Å²) in [6, 6.07) is 12.1. The SMILES string of the molecule is CCOc1ccc(S(=O)(=O)CC)cc1-c1cn(C)c(=O)c2ccc(-n3cc(C#N)cn3)cc12. The molecule has 0 amide bonds. The molecule has 0 aliphatic heterocycles. The molecule has 0 spiro atoms. The summed E-state index contributed by atoms with van der Waals surface area (Å²) in [5.41, 5.74) is 2.11. The number of rotatable bonds is 6. The van der Waals surface area contributed by atoms with E-state index in [-0.39, 0.29) is 16.2 Å². The smallest absolute Gasteiger partial charge is 0.258 e. The molecule has 0 fully saturated rings. The molecule has 2 aromatic carbocycles. The van der Waals surface area contributed by atoms with Crippen LogP contribution in [0.25, 0.3) is 27.6 Å². The number of hydrogen-bond donors (Lipinski definition) is 0. The van der Waals surface area contributed by atoms with Gasteiger partial charge >= 0.3 is 0 Å². The Bertz CT molecular complexity index is 1580. The zero-order valence-corrected chi connectivity index (χ0v) is 19.3. The summed E-state index contributed by atoms with van der Waals surface area (Å²) in [5, 5.41) is 14.4. The van der Waals surface area contributed by atoms with Gasteiger partial charge in [-0.2, -0.15) is 10.4 Å². The normalized spacial score (nSPS) is 11.5. The first kappa shape index (κ1) is 22.3. The molecular formula is C24H22N4O4S. The van der Waals surface area contributed by atoms with Crippen LogP contribution in [-0.4, -0.2) is 35.1 Å². The van der Waals surface area contributed by atoms with E-state index in [1.54, 1.807) is 61.4 Å². The van der Waals surface area contributed by atoms with Crippen LogP contribution >= 0.6 is 0 Å². The van der Waals surface area contributed by atoms with Gasteiger partial charge in [0.15, 0.2) is 9.84 Å². The van der Waals surface area contributed by atoms with Crippen molar-refractivity contribution in [3.05, 3.63) is 70.9 Å². The summed E-state index contributed by atoms with van der Waals surface area (Å²) < 4.78 is 34.0. The molecule has 2 heterocycles. The fraction of sp³-hybridized carbons (Fsp3) is 0.208. The Balaban J connectivity index is 2.05. The summed E-state index contributed by atoms with van der Waals surface area (Å²) in [5.74, 6) is 0.489. The number of aryl methyl sites for hydroxylation is 1. The molecule has 9 heteroatoms. The number of hydrogen-bond acceptors (Lipinski definition) is 6. The van der Waals surface area contributed by atoms with Crippen LogP contribution in [0.5, 0.6) is 5.75 Å². The Hall–Kier alpha value is -3.90. The van der Waals surface area contributed by atoms with Crippen molar-refractivity contribution in [2.75, 3.05) is 12.4 Å². The highest BCUT2D eigenvalue weighted by Crippen LogP contribution is 2.36. The molecule has 0 unspecified atom stereocenters. The molecule has 0 N–H and O–H groups in total. The second kappa shape index (κ2) is 8.56. The highest BCUT2D eigenvalue weighted by molar-refractivity contribution is 7.91. The summed E-state index contributed by atoms with van der Waals surface area (Å²) in [6.45, 7) is 3.84. The van der Waals surface area contributed by atoms with E-state index in [4.69, 9.17) is 10.00 Å². The van der Waals surface area contributed by atoms with Gasteiger partial charge in [0.25, 0.3) is 5.56 Å². The van der Waals surface area contributed by atoms with Crippen molar-refractivity contribution in [2.45, 2.75) is 18.7 Å². The lowest BCUT2D eigenvalue weighted by Crippen LogP contribution is -2.17. The van der Waals surface area contributed by atoms with E-state index in [1.807, 2.05) is 13.0 Å². The van der Waals surface area contributed by atoms with Gasteiger partial charge in [-0.3, -0.25) is 4.79 Å². The molecule has 33 heavy (non-hydrogen) atoms. The Kier molecular flexibility index (Phi) is 5.78. The largest absolute Gasteiger partial charge is 0.493 e. The summed E-state index contributed by atoms with van der Waals surface area (Å²) >= 11 is 0. The van der Waals surface area contributed by atoms with Gasteiger partial charge in [0, 0.05) is 36.0 Å². The quantitative estimate of drug-likeness (QED) is 0.434. The third-order valence-corrected chi connectivity index (χ3v) is 7.16. The molecule has 8 nitrogen and oxygen atoms in total. The molecule has 4 aromatic rings. The summed E-state index contributed by atoms with van der Waals surface area (Å²) in [7, 11) is -1.80. The van der Waals surface area contributed by atoms with Crippen molar-refractivity contribution in [2.24, 2.45) is 7.05 Å². The van der Waals surface area contributed by atoms with Gasteiger partial charge in [-0.1, -0.05) is 6.92 Å². The number of pyridine rings is 1. The molecular weight excluding hydrogens is 440 g/mol. The van der Waals surface area contributed by atoms with Crippen LogP contribution in [-0.2, 0) is 16.9 Å². The predicted octanol–water partition coefficient (Wildman–Crippen LogP) is 3.46. The zero-order chi connectivity index (χ0) is 23.8. The molecule has 4 rings (SSSR count). The third kappa shape index (κ3) is 4.01. The number of nitrogens with zero attached hydrogens (tertiary/aromatic N) is 4. The van der Waals surface area contributed by atoms with Gasteiger partial charge in [0.2, 0.25) is 0 Å². The average Bonchev–Trinajstić information content (AvgIpc) is 3.31. The van der Waals surface area contributed by atoms with E-state index in [1.165, 1.54) is 16.8 Å². The third-order valence-electron chi connectivity index (χ3n) is 5.42. The lowest BCUT2D eigenvalue weighted by Gasteiger charge is -2.16. The van der Waals surface area contributed by atoms with E-state index in [2.05, 4.69) is 5.10 Å². The number of benzene rings is 2. The fourth-order valence-corrected chi connectivity index (χ4v) is 4.60. The van der Waals surface area contributed by atoms with E-state index in [0.717, 1.165) is 0 Å². The van der Waals surface area contributed by atoms with Gasteiger partial charge in [-0.25, -0.2) is 13.1 Å². The molecule has 2 aromatic heterocycles. The van der Waals surface area contributed by atoms with E-state index in [9.17, 15) is 13.2 Å². The van der Waals surface area contributed by atoms with Crippen LogP contribution in [0.1, 0.15) is 19.4 Å². The zero-order valence-electron chi connectivity index (χ0n) is 18.4. The Morgan fingerprint density at radius 2 is 1.85 bits per heavy atom. The van der Waals surface area contributed by atoms with E-state index in [0.29, 0.717) is 45.5 Å². The molecule has 0 aliphatic carbocycles. The van der Waals surface area contributed by atoms with Crippen LogP contribution in [0, 0.1) is 11.3 Å². The van der Waals surface area contributed by atoms with Crippen LogP contribution in [0.4, 0.5) is 0 Å². The number of nitriles is 1. The second-order valence-corrected chi connectivity index (χ2v) is 9.75. The maximum atomic E-state index is 12.9. The number of fused-ring (bicyclic) bond motifs is 1. The van der Waals surface area contributed by atoms with Crippen molar-refractivity contribution in [1.82, 2.24) is 14.3 Å². The highest BCUT2D eigenvalue weighted by atomic mass is 32.2. The lowest BCUT2D eigenvalue weighted by atomic mass is 9.99. The molecule has 0 atom stereocenters. The minimum absolute atomic E-state index is 0.0287. The standard InChI is InChI=1S/C24H22N4O4S/c1-4-32-23-9-7-18(33(30,31)5-2)11-21(23)22-15-27(3)24(29)19-8-6-17(10-20(19)22)28-14-16(12-25)13-26-28/h6-11,13-15H,4-5H2,1-3H3. The predicted molar refractivity (Wildman–Crippen MR) is 125 cm³/mol. The molecule has 0 bridgehead atoms. The van der Waals surface area contributed by atoms with Crippen molar-refractivity contribution < 1.29 is 13.2 Å². The van der Waals surface area contributed by atoms with Gasteiger partial charge < -0.3 is 9.30 Å². The highest BCUT2D eigenvalue weighted by Gasteiger charge is 2.19. The molecule has 0 radical (unpaired) electrons. The molecule has 0 aliphatic rings. The molecule has 168 valence electrons. The van der Waals surface area contributed by atoms with Crippen molar-refractivity contribution in [3.8, 4) is 28.6 Å². The van der Waals surface area contributed by atoms with Gasteiger partial charge in [-0.05, 0) is 48.7 Å². The first-order valence-corrected chi connectivity index (χ1v) is 12.0. The maximum Gasteiger partial charge on any atom is 0.258 e. The van der Waals surface area contributed by atoms with E-state index < -0.39 is 9.84 Å². The van der Waals surface area contributed by atoms with Crippen LogP contribution in [0.15, 0.2) is 64.7 Å². The number of ether oxygens (including phenoxy) is 1. The Morgan fingerprint density at radius 3 is 2.52 bits per heavy atom. The van der Waals surface area contributed by atoms with Crippen LogP contribution < -0.4 is 10.3 Å². The van der Waals surface area contributed by atoms with Crippen LogP contribution in [0.3, 0.4) is 0 Å². The molecule has 0 saturated carbocycles. The van der Waals surface area contributed by atoms with Gasteiger partial charge in [0.05, 0.1) is 34.7 Å². The number of sulfone groups is 1. The lowest BCUT2D eigenvalue weighted by molar-refractivity contribution is 0.341. The van der Waals surface area contributed by atoms with Crippen molar-refractivity contribution in [1.29, 1.82) is 5.26 Å². The fourth-order valence-electron chi connectivity index (χ4n) is 3.69. The van der Waals surface area contributed by atoms with E-state index >= 15 is 0 Å². The Morgan fingerprint density at radius 1 is 1.06 bits per heavy atom. The van der Waals surface area contributed by atoms with Crippen molar-refractivity contribution in [3.63, 3.8) is 0 Å². The maximum absolute atomic E-state index is 12.9. The summed E-state index contributed by atoms with van der Waals surface area (Å²) in [6.07, 6.45) is 4.74. The number of aromatic nitrogens is 3. The summed E-state index contributed by atoms with van der Waals surface area (Å²) in [4.78, 5) is 13.1. The average molecular weight is 463 g/mol. The first-order valence-electron chi connectivity index (χ1n) is 10.4. The van der Waals surface area contributed by atoms with Gasteiger partial charge in [0.1, 0.15) is 11.8 Å². The van der Waals surface area contributed by atoms with Gasteiger partial charge in [-0.15, -0.1) is 0 Å². The molecule has 0 saturated heterocycles. The minimum atomic E-state index is -3.45. The second-order valence-electron chi connectivity index (χ2n) is 7.47.